The van der Waals surface area contributed by atoms with Gasteiger partial charge in [0.2, 0.25) is 15.9 Å². The van der Waals surface area contributed by atoms with Gasteiger partial charge in [0.15, 0.2) is 0 Å². The molecule has 0 saturated carbocycles. The Hall–Kier alpha value is -2.65. The molecule has 156 valence electrons. The second kappa shape index (κ2) is 8.79. The maximum absolute atomic E-state index is 13.7. The molecule has 0 unspecified atom stereocenters. The lowest BCUT2D eigenvalue weighted by atomic mass is 9.98. The van der Waals surface area contributed by atoms with Crippen molar-refractivity contribution in [3.63, 3.8) is 0 Å². The number of methoxy groups -OCH3 is 2. The van der Waals surface area contributed by atoms with Gasteiger partial charge in [-0.3, -0.25) is 4.79 Å². The number of piperidine rings is 1. The average Bonchev–Trinajstić information content (AvgIpc) is 2.74. The molecule has 0 spiro atoms. The third kappa shape index (κ3) is 4.51. The smallest absolute Gasteiger partial charge is 0.246 e. The number of sulfonamides is 1. The summed E-state index contributed by atoms with van der Waals surface area (Å²) >= 11 is 0. The number of para-hydroxylation sites is 2. The fraction of sp³-hybridized carbons (Fsp3) is 0.350. The number of hydrogen-bond donors (Lipinski definition) is 1. The van der Waals surface area contributed by atoms with Crippen molar-refractivity contribution in [3.05, 3.63) is 48.3 Å². The quantitative estimate of drug-likeness (QED) is 0.774. The molecule has 2 aromatic carbocycles. The predicted molar refractivity (Wildman–Crippen MR) is 106 cm³/mol. The molecule has 29 heavy (non-hydrogen) atoms. The minimum absolute atomic E-state index is 0.00296. The first-order chi connectivity index (χ1) is 13.9. The molecule has 1 amide bonds. The number of carbonyl (C=O) groups is 1. The molecule has 7 nitrogen and oxygen atoms in total. The van der Waals surface area contributed by atoms with E-state index in [0.29, 0.717) is 24.3 Å². The van der Waals surface area contributed by atoms with Gasteiger partial charge in [0.1, 0.15) is 22.2 Å². The number of nitrogens with one attached hydrogen (secondary N) is 1. The van der Waals surface area contributed by atoms with Crippen LogP contribution >= 0.6 is 0 Å². The molecule has 9 heteroatoms. The van der Waals surface area contributed by atoms with Crippen molar-refractivity contribution in [2.45, 2.75) is 17.7 Å². The molecule has 3 rings (SSSR count). The van der Waals surface area contributed by atoms with Crippen LogP contribution in [0.15, 0.2) is 47.4 Å². The molecule has 1 N–H and O–H groups in total. The highest BCUT2D eigenvalue weighted by Crippen LogP contribution is 2.31. The Balaban J connectivity index is 1.80. The molecule has 0 aromatic heterocycles. The highest BCUT2D eigenvalue weighted by molar-refractivity contribution is 7.89. The van der Waals surface area contributed by atoms with Gasteiger partial charge < -0.3 is 14.8 Å². The lowest BCUT2D eigenvalue weighted by Gasteiger charge is -2.31. The Kier molecular flexibility index (Phi) is 6.39. The van der Waals surface area contributed by atoms with Gasteiger partial charge in [-0.1, -0.05) is 12.1 Å². The van der Waals surface area contributed by atoms with E-state index in [1.165, 1.54) is 24.6 Å². The minimum Gasteiger partial charge on any atom is -0.495 e. The Morgan fingerprint density at radius 2 is 1.86 bits per heavy atom. The van der Waals surface area contributed by atoms with Crippen LogP contribution in [-0.2, 0) is 14.8 Å². The third-order valence-corrected chi connectivity index (χ3v) is 6.75. The fourth-order valence-corrected chi connectivity index (χ4v) is 5.04. The first-order valence-electron chi connectivity index (χ1n) is 9.14. The standard InChI is InChI=1S/C20H23FN2O5S/c1-27-17-8-4-3-7-16(17)22-20(24)14-6-5-11-23(13-14)29(25,26)19-12-15(21)9-10-18(19)28-2/h3-4,7-10,12,14H,5-6,11,13H2,1-2H3,(H,22,24)/t14-/m1/s1. The predicted octanol–water partition coefficient (Wildman–Crippen LogP) is 2.88. The van der Waals surface area contributed by atoms with Crippen molar-refractivity contribution in [2.24, 2.45) is 5.92 Å². The van der Waals surface area contributed by atoms with Crippen LogP contribution in [0.25, 0.3) is 0 Å². The van der Waals surface area contributed by atoms with Gasteiger partial charge in [0.05, 0.1) is 25.8 Å². The molecule has 2 aromatic rings. The monoisotopic (exact) mass is 422 g/mol. The van der Waals surface area contributed by atoms with E-state index in [4.69, 9.17) is 9.47 Å². The Bertz CT molecular complexity index is 996. The zero-order valence-corrected chi connectivity index (χ0v) is 17.0. The number of anilines is 1. The van der Waals surface area contributed by atoms with Crippen molar-refractivity contribution < 1.29 is 27.1 Å². The van der Waals surface area contributed by atoms with E-state index in [-0.39, 0.29) is 29.6 Å². The van der Waals surface area contributed by atoms with E-state index in [0.717, 1.165) is 12.1 Å². The van der Waals surface area contributed by atoms with Crippen LogP contribution in [0.3, 0.4) is 0 Å². The summed E-state index contributed by atoms with van der Waals surface area (Å²) in [6.07, 6.45) is 1.06. The summed E-state index contributed by atoms with van der Waals surface area (Å²) in [5, 5.41) is 2.80. The first-order valence-corrected chi connectivity index (χ1v) is 10.6. The summed E-state index contributed by atoms with van der Waals surface area (Å²) in [7, 11) is -1.18. The van der Waals surface area contributed by atoms with Crippen LogP contribution in [0.4, 0.5) is 10.1 Å². The normalized spacial score (nSPS) is 17.6. The van der Waals surface area contributed by atoms with Gasteiger partial charge >= 0.3 is 0 Å². The van der Waals surface area contributed by atoms with Crippen LogP contribution in [0.2, 0.25) is 0 Å². The Labute approximate surface area is 169 Å². The largest absolute Gasteiger partial charge is 0.495 e. The Morgan fingerprint density at radius 3 is 2.59 bits per heavy atom. The van der Waals surface area contributed by atoms with Crippen molar-refractivity contribution in [1.29, 1.82) is 0 Å². The average molecular weight is 422 g/mol. The highest BCUT2D eigenvalue weighted by Gasteiger charge is 2.35. The fourth-order valence-electron chi connectivity index (χ4n) is 3.35. The van der Waals surface area contributed by atoms with Gasteiger partial charge in [0, 0.05) is 13.1 Å². The van der Waals surface area contributed by atoms with Crippen LogP contribution in [0, 0.1) is 11.7 Å². The third-order valence-electron chi connectivity index (χ3n) is 4.86. The molecular formula is C20H23FN2O5S. The summed E-state index contributed by atoms with van der Waals surface area (Å²) in [5.41, 5.74) is 0.520. The molecule has 1 atom stereocenters. The Morgan fingerprint density at radius 1 is 1.14 bits per heavy atom. The van der Waals surface area contributed by atoms with Gasteiger partial charge in [0.25, 0.3) is 0 Å². The summed E-state index contributed by atoms with van der Waals surface area (Å²) in [4.78, 5) is 12.5. The summed E-state index contributed by atoms with van der Waals surface area (Å²) in [6.45, 7) is 0.253. The molecule has 1 heterocycles. The van der Waals surface area contributed by atoms with Crippen molar-refractivity contribution in [3.8, 4) is 11.5 Å². The summed E-state index contributed by atoms with van der Waals surface area (Å²) in [5.74, 6) is -0.923. The van der Waals surface area contributed by atoms with Gasteiger partial charge in [-0.25, -0.2) is 12.8 Å². The second-order valence-corrected chi connectivity index (χ2v) is 8.59. The van der Waals surface area contributed by atoms with Crippen molar-refractivity contribution in [1.82, 2.24) is 4.31 Å². The van der Waals surface area contributed by atoms with Crippen molar-refractivity contribution >= 4 is 21.6 Å². The SMILES string of the molecule is COc1ccccc1NC(=O)[C@@H]1CCCN(S(=O)(=O)c2cc(F)ccc2OC)C1. The lowest BCUT2D eigenvalue weighted by molar-refractivity contribution is -0.120. The molecule has 1 saturated heterocycles. The summed E-state index contributed by atoms with van der Waals surface area (Å²) < 4.78 is 51.4. The number of benzene rings is 2. The zero-order chi connectivity index (χ0) is 21.0. The van der Waals surface area contributed by atoms with E-state index >= 15 is 0 Å². The number of rotatable bonds is 6. The van der Waals surface area contributed by atoms with Crippen LogP contribution in [0.5, 0.6) is 11.5 Å². The molecule has 1 aliphatic rings. The number of ether oxygens (including phenoxy) is 2. The van der Waals surface area contributed by atoms with E-state index in [1.807, 2.05) is 0 Å². The van der Waals surface area contributed by atoms with Crippen LogP contribution in [0.1, 0.15) is 12.8 Å². The lowest BCUT2D eigenvalue weighted by Crippen LogP contribution is -2.43. The number of carbonyl (C=O) groups excluding carboxylic acids is 1. The van der Waals surface area contributed by atoms with Crippen LogP contribution < -0.4 is 14.8 Å². The van der Waals surface area contributed by atoms with Crippen LogP contribution in [-0.4, -0.2) is 45.9 Å². The number of hydrogen-bond acceptors (Lipinski definition) is 5. The minimum atomic E-state index is -4.02. The van der Waals surface area contributed by atoms with E-state index < -0.39 is 21.8 Å². The molecule has 0 radical (unpaired) electrons. The van der Waals surface area contributed by atoms with Gasteiger partial charge in [-0.2, -0.15) is 4.31 Å². The van der Waals surface area contributed by atoms with Gasteiger partial charge in [-0.05, 0) is 43.2 Å². The molecular weight excluding hydrogens is 399 g/mol. The highest BCUT2D eigenvalue weighted by atomic mass is 32.2. The molecule has 0 aliphatic carbocycles. The number of halogens is 1. The zero-order valence-electron chi connectivity index (χ0n) is 16.2. The maximum Gasteiger partial charge on any atom is 0.246 e. The maximum atomic E-state index is 13.7. The second-order valence-electron chi connectivity index (χ2n) is 6.69. The van der Waals surface area contributed by atoms with E-state index in [2.05, 4.69) is 5.32 Å². The molecule has 1 aliphatic heterocycles. The topological polar surface area (TPSA) is 84.9 Å². The van der Waals surface area contributed by atoms with E-state index in [9.17, 15) is 17.6 Å². The van der Waals surface area contributed by atoms with E-state index in [1.54, 1.807) is 24.3 Å². The number of nitrogens with zero attached hydrogens (tertiary/aromatic N) is 1. The van der Waals surface area contributed by atoms with Gasteiger partial charge in [-0.15, -0.1) is 0 Å². The molecule has 0 bridgehead atoms. The first kappa shape index (κ1) is 21.1. The number of amides is 1. The molecule has 1 fully saturated rings. The summed E-state index contributed by atoms with van der Waals surface area (Å²) in [6, 6.07) is 10.3. The van der Waals surface area contributed by atoms with Crippen molar-refractivity contribution in [2.75, 3.05) is 32.6 Å².